The third-order valence-corrected chi connectivity index (χ3v) is 4.05. The van der Waals surface area contributed by atoms with E-state index < -0.39 is 0 Å². The topological polar surface area (TPSA) is 76.9 Å². The first kappa shape index (κ1) is 14.9. The monoisotopic (exact) mass is 356 g/mol. The molecule has 2 rings (SSSR count). The van der Waals surface area contributed by atoms with Crippen LogP contribution in [0.3, 0.4) is 0 Å². The van der Waals surface area contributed by atoms with E-state index in [1.807, 2.05) is 13.8 Å². The van der Waals surface area contributed by atoms with Gasteiger partial charge in [-0.1, -0.05) is 25.2 Å². The predicted molar refractivity (Wildman–Crippen MR) is 81.0 cm³/mol. The molecule has 0 aliphatic rings. The molecule has 0 radical (unpaired) electrons. The molecular formula is C12H13BrN4O2S. The van der Waals surface area contributed by atoms with Crippen LogP contribution in [-0.4, -0.2) is 20.7 Å². The standard InChI is InChI=1S/C12H13BrN4O2S/c1-7(2)11-15-16-12(20-11)14-9(18)6-17-5-8(13)3-4-10(17)19/h3-5,7H,6H2,1-2H3,(H,14,16,18). The number of carbonyl (C=O) groups is 1. The minimum atomic E-state index is -0.309. The van der Waals surface area contributed by atoms with E-state index >= 15 is 0 Å². The van der Waals surface area contributed by atoms with E-state index in [1.165, 1.54) is 22.0 Å². The maximum atomic E-state index is 11.9. The molecule has 2 heterocycles. The van der Waals surface area contributed by atoms with Crippen LogP contribution in [0.25, 0.3) is 0 Å². The van der Waals surface area contributed by atoms with Crippen LogP contribution < -0.4 is 10.9 Å². The van der Waals surface area contributed by atoms with E-state index in [4.69, 9.17) is 0 Å². The molecule has 0 atom stereocenters. The summed E-state index contributed by atoms with van der Waals surface area (Å²) in [5, 5.41) is 11.8. The van der Waals surface area contributed by atoms with Crippen LogP contribution >= 0.6 is 27.3 Å². The van der Waals surface area contributed by atoms with Crippen molar-refractivity contribution < 1.29 is 4.79 Å². The number of aromatic nitrogens is 3. The number of hydrogen-bond donors (Lipinski definition) is 1. The lowest BCUT2D eigenvalue weighted by atomic mass is 10.2. The van der Waals surface area contributed by atoms with Crippen LogP contribution in [0.4, 0.5) is 5.13 Å². The molecule has 8 heteroatoms. The summed E-state index contributed by atoms with van der Waals surface area (Å²) >= 11 is 4.60. The first-order valence-corrected chi connectivity index (χ1v) is 7.56. The van der Waals surface area contributed by atoms with Gasteiger partial charge in [0.15, 0.2) is 0 Å². The zero-order chi connectivity index (χ0) is 14.7. The molecule has 0 unspecified atom stereocenters. The third kappa shape index (κ3) is 3.73. The molecule has 0 spiro atoms. The van der Waals surface area contributed by atoms with Gasteiger partial charge < -0.3 is 4.57 Å². The highest BCUT2D eigenvalue weighted by atomic mass is 79.9. The van der Waals surface area contributed by atoms with E-state index in [1.54, 1.807) is 12.3 Å². The van der Waals surface area contributed by atoms with Crippen molar-refractivity contribution in [2.75, 3.05) is 5.32 Å². The molecule has 106 valence electrons. The normalized spacial score (nSPS) is 10.8. The fourth-order valence-electron chi connectivity index (χ4n) is 1.46. The Morgan fingerprint density at radius 3 is 2.85 bits per heavy atom. The van der Waals surface area contributed by atoms with Gasteiger partial charge in [-0.2, -0.15) is 0 Å². The summed E-state index contributed by atoms with van der Waals surface area (Å²) < 4.78 is 2.06. The van der Waals surface area contributed by atoms with Crippen LogP contribution in [0.5, 0.6) is 0 Å². The fourth-order valence-corrected chi connectivity index (χ4v) is 2.60. The van der Waals surface area contributed by atoms with E-state index in [0.29, 0.717) is 5.13 Å². The highest BCUT2D eigenvalue weighted by molar-refractivity contribution is 9.10. The number of amides is 1. The number of halogens is 1. The summed E-state index contributed by atoms with van der Waals surface area (Å²) in [5.74, 6) is -0.0393. The highest BCUT2D eigenvalue weighted by Crippen LogP contribution is 2.22. The Bertz CT molecular complexity index is 680. The predicted octanol–water partition coefficient (Wildman–Crippen LogP) is 2.22. The lowest BCUT2D eigenvalue weighted by Gasteiger charge is -2.05. The van der Waals surface area contributed by atoms with E-state index in [9.17, 15) is 9.59 Å². The molecule has 1 amide bonds. The Labute approximate surface area is 128 Å². The van der Waals surface area contributed by atoms with Crippen LogP contribution in [-0.2, 0) is 11.3 Å². The summed E-state index contributed by atoms with van der Waals surface area (Å²) in [6, 6.07) is 3.04. The van der Waals surface area contributed by atoms with Crippen LogP contribution in [0, 0.1) is 0 Å². The molecule has 0 saturated carbocycles. The highest BCUT2D eigenvalue weighted by Gasteiger charge is 2.11. The van der Waals surface area contributed by atoms with Crippen LogP contribution in [0.2, 0.25) is 0 Å². The summed E-state index contributed by atoms with van der Waals surface area (Å²) in [7, 11) is 0. The molecule has 6 nitrogen and oxygen atoms in total. The molecular weight excluding hydrogens is 344 g/mol. The molecule has 2 aromatic heterocycles. The van der Waals surface area contributed by atoms with E-state index in [-0.39, 0.29) is 23.9 Å². The van der Waals surface area contributed by atoms with Crippen LogP contribution in [0.1, 0.15) is 24.8 Å². The first-order valence-electron chi connectivity index (χ1n) is 5.95. The molecule has 0 saturated heterocycles. The minimum Gasteiger partial charge on any atom is -0.305 e. The van der Waals surface area contributed by atoms with Crippen molar-refractivity contribution in [3.63, 3.8) is 0 Å². The molecule has 0 aliphatic heterocycles. The van der Waals surface area contributed by atoms with Gasteiger partial charge in [-0.3, -0.25) is 14.9 Å². The van der Waals surface area contributed by atoms with Crippen molar-refractivity contribution in [3.8, 4) is 0 Å². The van der Waals surface area contributed by atoms with Gasteiger partial charge >= 0.3 is 0 Å². The Balaban J connectivity index is 2.05. The van der Waals surface area contributed by atoms with E-state index in [2.05, 4.69) is 31.4 Å². The number of nitrogens with zero attached hydrogens (tertiary/aromatic N) is 3. The second-order valence-corrected chi connectivity index (χ2v) is 6.39. The van der Waals surface area contributed by atoms with Gasteiger partial charge in [-0.05, 0) is 22.0 Å². The molecule has 2 aromatic rings. The maximum Gasteiger partial charge on any atom is 0.251 e. The van der Waals surface area contributed by atoms with Gasteiger partial charge in [-0.15, -0.1) is 10.2 Å². The largest absolute Gasteiger partial charge is 0.305 e. The Morgan fingerprint density at radius 1 is 1.45 bits per heavy atom. The van der Waals surface area contributed by atoms with Crippen molar-refractivity contribution in [2.24, 2.45) is 0 Å². The second-order valence-electron chi connectivity index (χ2n) is 4.46. The second kappa shape index (κ2) is 6.27. The molecule has 0 fully saturated rings. The quantitative estimate of drug-likeness (QED) is 0.910. The Hall–Kier alpha value is -1.54. The van der Waals surface area contributed by atoms with Gasteiger partial charge in [0.1, 0.15) is 11.6 Å². The summed E-state index contributed by atoms with van der Waals surface area (Å²) in [5.41, 5.74) is -0.233. The molecule has 20 heavy (non-hydrogen) atoms. The summed E-state index contributed by atoms with van der Waals surface area (Å²) in [4.78, 5) is 23.5. The van der Waals surface area contributed by atoms with Gasteiger partial charge in [-0.25, -0.2) is 0 Å². The van der Waals surface area contributed by atoms with Crippen molar-refractivity contribution in [1.29, 1.82) is 0 Å². The number of carbonyl (C=O) groups excluding carboxylic acids is 1. The minimum absolute atomic E-state index is 0.0606. The number of nitrogens with one attached hydrogen (secondary N) is 1. The third-order valence-electron chi connectivity index (χ3n) is 2.44. The Kier molecular flexibility index (Phi) is 4.66. The maximum absolute atomic E-state index is 11.9. The zero-order valence-electron chi connectivity index (χ0n) is 11.0. The Morgan fingerprint density at radius 2 is 2.20 bits per heavy atom. The molecule has 0 aliphatic carbocycles. The molecule has 1 N–H and O–H groups in total. The smallest absolute Gasteiger partial charge is 0.251 e. The van der Waals surface area contributed by atoms with Crippen molar-refractivity contribution in [2.45, 2.75) is 26.3 Å². The zero-order valence-corrected chi connectivity index (χ0v) is 13.4. The lowest BCUT2D eigenvalue weighted by molar-refractivity contribution is -0.116. The number of anilines is 1. The van der Waals surface area contributed by atoms with Gasteiger partial charge in [0.05, 0.1) is 0 Å². The van der Waals surface area contributed by atoms with Crippen molar-refractivity contribution in [3.05, 3.63) is 38.2 Å². The van der Waals surface area contributed by atoms with Crippen molar-refractivity contribution in [1.82, 2.24) is 14.8 Å². The molecule has 0 bridgehead atoms. The SMILES string of the molecule is CC(C)c1nnc(NC(=O)Cn2cc(Br)ccc2=O)s1. The van der Waals surface area contributed by atoms with Crippen LogP contribution in [0.15, 0.2) is 27.6 Å². The summed E-state index contributed by atoms with van der Waals surface area (Å²) in [6.07, 6.45) is 1.57. The number of hydrogen-bond acceptors (Lipinski definition) is 5. The summed E-state index contributed by atoms with van der Waals surface area (Å²) in [6.45, 7) is 3.95. The molecule has 0 aromatic carbocycles. The van der Waals surface area contributed by atoms with Gasteiger partial charge in [0, 0.05) is 22.7 Å². The average molecular weight is 357 g/mol. The number of rotatable bonds is 4. The van der Waals surface area contributed by atoms with E-state index in [0.717, 1.165) is 9.48 Å². The average Bonchev–Trinajstić information content (AvgIpc) is 2.82. The van der Waals surface area contributed by atoms with Crippen molar-refractivity contribution >= 4 is 38.3 Å². The first-order chi connectivity index (χ1) is 9.45. The van der Waals surface area contributed by atoms with Gasteiger partial charge in [0.25, 0.3) is 5.56 Å². The number of pyridine rings is 1. The lowest BCUT2D eigenvalue weighted by Crippen LogP contribution is -2.26. The van der Waals surface area contributed by atoms with Gasteiger partial charge in [0.2, 0.25) is 11.0 Å². The fraction of sp³-hybridized carbons (Fsp3) is 0.333.